The summed E-state index contributed by atoms with van der Waals surface area (Å²) in [7, 11) is 0.694. The fourth-order valence-corrected chi connectivity index (χ4v) is 4.38. The van der Waals surface area contributed by atoms with Gasteiger partial charge in [0.15, 0.2) is 0 Å². The van der Waals surface area contributed by atoms with Crippen molar-refractivity contribution in [2.45, 2.75) is 118 Å². The molecular weight excluding hydrogens is 350 g/mol. The molecule has 1 heterocycles. The van der Waals surface area contributed by atoms with E-state index in [0.717, 1.165) is 25.6 Å². The summed E-state index contributed by atoms with van der Waals surface area (Å²) in [6, 6.07) is 2.23. The Morgan fingerprint density at radius 1 is 0.897 bits per heavy atom. The number of carbonyl (C=O) groups is 1. The minimum absolute atomic E-state index is 0.125. The first kappa shape index (κ1) is 26.2. The molecule has 0 amide bonds. The average Bonchev–Trinajstić information content (AvgIpc) is 2.66. The Labute approximate surface area is 183 Å². The molecule has 0 aliphatic rings. The zero-order valence-electron chi connectivity index (χ0n) is 20.4. The summed E-state index contributed by atoms with van der Waals surface area (Å²) in [5.41, 5.74) is 3.43. The maximum absolute atomic E-state index is 13.4. The summed E-state index contributed by atoms with van der Waals surface area (Å²) < 4.78 is 0. The molecule has 1 rings (SSSR count). The fourth-order valence-electron chi connectivity index (χ4n) is 4.38. The van der Waals surface area contributed by atoms with Gasteiger partial charge in [-0.3, -0.25) is 0 Å². The summed E-state index contributed by atoms with van der Waals surface area (Å²) in [4.78, 5) is 13.4. The van der Waals surface area contributed by atoms with Gasteiger partial charge in [0.1, 0.15) is 0 Å². The summed E-state index contributed by atoms with van der Waals surface area (Å²) in [6.45, 7) is 15.8. The molecule has 162 valence electrons. The van der Waals surface area contributed by atoms with Crippen molar-refractivity contribution in [3.05, 3.63) is 29.1 Å². The van der Waals surface area contributed by atoms with Gasteiger partial charge >= 0.3 is 169 Å². The van der Waals surface area contributed by atoms with Crippen molar-refractivity contribution in [1.82, 2.24) is 0 Å². The zero-order chi connectivity index (χ0) is 21.8. The molecule has 1 nitrogen and oxygen atoms in total. The second-order valence-electron chi connectivity index (χ2n) is 10.6. The van der Waals surface area contributed by atoms with E-state index in [9.17, 15) is 4.79 Å². The van der Waals surface area contributed by atoms with Crippen LogP contribution in [0.3, 0.4) is 0 Å². The Morgan fingerprint density at radius 3 is 2.00 bits per heavy atom. The fraction of sp³-hybridized carbons (Fsp3) is 0.769. The first-order chi connectivity index (χ1) is 13.7. The first-order valence-electron chi connectivity index (χ1n) is 12.3. The van der Waals surface area contributed by atoms with E-state index >= 15 is 0 Å². The Bertz CT molecular complexity index is 577. The Balaban J connectivity index is 2.75. The molecule has 0 spiro atoms. The van der Waals surface area contributed by atoms with Gasteiger partial charge in [-0.25, -0.2) is 0 Å². The third-order valence-corrected chi connectivity index (χ3v) is 6.30. The van der Waals surface area contributed by atoms with Crippen LogP contribution in [-0.4, -0.2) is 19.9 Å². The van der Waals surface area contributed by atoms with Crippen LogP contribution in [0, 0.1) is 10.8 Å². The SMILES string of the molecule is CCCCCCC(C)(CCCCCC)C(=O)BCc1ccbcc1CC(C)(C)C. The Hall–Kier alpha value is -0.850. The molecule has 0 aliphatic carbocycles. The number of rotatable bonds is 15. The van der Waals surface area contributed by atoms with Crippen LogP contribution in [0.4, 0.5) is 0 Å². The Kier molecular flexibility index (Phi) is 12.1. The molecule has 0 saturated carbocycles. The standard InChI is InChI=1S/C26H46B2O/c1-7-9-11-13-16-26(6,17-14-12-10-8-2)24(29)28-21-22-15-18-27-20-23(22)19-25(3,4)5/h15,18,20,28H,7-14,16-17,19,21H2,1-6H3. The van der Waals surface area contributed by atoms with Crippen molar-refractivity contribution in [3.8, 4) is 0 Å². The van der Waals surface area contributed by atoms with Gasteiger partial charge < -0.3 is 0 Å². The van der Waals surface area contributed by atoms with Crippen LogP contribution >= 0.6 is 0 Å². The van der Waals surface area contributed by atoms with Gasteiger partial charge in [0, 0.05) is 0 Å². The van der Waals surface area contributed by atoms with Crippen molar-refractivity contribution in [3.63, 3.8) is 0 Å². The van der Waals surface area contributed by atoms with E-state index in [2.05, 4.69) is 66.4 Å². The minimum atomic E-state index is -0.125. The summed E-state index contributed by atoms with van der Waals surface area (Å²) in [6.07, 6.45) is 14.1. The van der Waals surface area contributed by atoms with Gasteiger partial charge in [-0.15, -0.1) is 0 Å². The molecule has 0 fully saturated rings. The van der Waals surface area contributed by atoms with Crippen molar-refractivity contribution in [2.75, 3.05) is 0 Å². The van der Waals surface area contributed by atoms with Gasteiger partial charge in [-0.2, -0.15) is 0 Å². The zero-order valence-corrected chi connectivity index (χ0v) is 20.4. The monoisotopic (exact) mass is 396 g/mol. The second kappa shape index (κ2) is 13.5. The van der Waals surface area contributed by atoms with E-state index in [-0.39, 0.29) is 10.8 Å². The molecule has 0 unspecified atom stereocenters. The van der Waals surface area contributed by atoms with E-state index in [0.29, 0.717) is 13.0 Å². The third kappa shape index (κ3) is 10.7. The second-order valence-corrected chi connectivity index (χ2v) is 10.6. The van der Waals surface area contributed by atoms with Crippen LogP contribution in [0.15, 0.2) is 18.0 Å². The van der Waals surface area contributed by atoms with Gasteiger partial charge in [0.25, 0.3) is 0 Å². The van der Waals surface area contributed by atoms with Crippen molar-refractivity contribution >= 4 is 19.9 Å². The van der Waals surface area contributed by atoms with E-state index in [4.69, 9.17) is 0 Å². The van der Waals surface area contributed by atoms with E-state index in [1.54, 1.807) is 0 Å². The maximum atomic E-state index is 13.4. The molecule has 0 atom stereocenters. The van der Waals surface area contributed by atoms with Gasteiger partial charge in [-0.1, -0.05) is 13.8 Å². The normalized spacial score (nSPS) is 12.1. The quantitative estimate of drug-likeness (QED) is 0.230. The van der Waals surface area contributed by atoms with Crippen LogP contribution in [0.2, 0.25) is 0 Å². The molecule has 0 saturated heterocycles. The van der Waals surface area contributed by atoms with Crippen LogP contribution in [-0.2, 0) is 17.5 Å². The predicted molar refractivity (Wildman–Crippen MR) is 132 cm³/mol. The van der Waals surface area contributed by atoms with E-state index in [1.807, 2.05) is 0 Å². The molecule has 0 aliphatic heterocycles. The first-order valence-corrected chi connectivity index (χ1v) is 12.3. The average molecular weight is 396 g/mol. The van der Waals surface area contributed by atoms with Crippen LogP contribution in [0.1, 0.15) is 117 Å². The molecular formula is C26H46B2O. The molecule has 29 heavy (non-hydrogen) atoms. The molecule has 0 radical (unpaired) electrons. The summed E-state index contributed by atoms with van der Waals surface area (Å²) in [5, 5.41) is 0. The van der Waals surface area contributed by atoms with Crippen LogP contribution < -0.4 is 0 Å². The van der Waals surface area contributed by atoms with Gasteiger partial charge in [-0.05, 0) is 0 Å². The van der Waals surface area contributed by atoms with Crippen molar-refractivity contribution in [2.24, 2.45) is 10.8 Å². The van der Waals surface area contributed by atoms with E-state index < -0.39 is 0 Å². The summed E-state index contributed by atoms with van der Waals surface area (Å²) in [5.74, 6) is 4.38. The molecule has 3 heteroatoms. The van der Waals surface area contributed by atoms with Crippen molar-refractivity contribution < 1.29 is 4.79 Å². The number of hydrogen-bond acceptors (Lipinski definition) is 1. The number of unbranched alkanes of at least 4 members (excludes halogenated alkanes) is 6. The summed E-state index contributed by atoms with van der Waals surface area (Å²) >= 11 is 0. The number of hydrogen-bond donors (Lipinski definition) is 0. The van der Waals surface area contributed by atoms with Gasteiger partial charge in [0.2, 0.25) is 0 Å². The molecule has 1 aromatic rings. The van der Waals surface area contributed by atoms with Gasteiger partial charge in [0.05, 0.1) is 0 Å². The van der Waals surface area contributed by atoms with Crippen LogP contribution in [0.25, 0.3) is 0 Å². The van der Waals surface area contributed by atoms with Crippen LogP contribution in [0.5, 0.6) is 0 Å². The molecule has 0 N–H and O–H groups in total. The predicted octanol–water partition coefficient (Wildman–Crippen LogP) is 7.02. The number of carbonyl (C=O) groups excluding carboxylic acids is 1. The van der Waals surface area contributed by atoms with Crippen molar-refractivity contribution in [1.29, 1.82) is 0 Å². The molecule has 0 bridgehead atoms. The molecule has 0 aromatic carbocycles. The van der Waals surface area contributed by atoms with E-state index in [1.165, 1.54) is 62.5 Å². The Morgan fingerprint density at radius 2 is 1.48 bits per heavy atom. The topological polar surface area (TPSA) is 17.1 Å². The molecule has 1 aromatic heterocycles. The third-order valence-electron chi connectivity index (χ3n) is 6.30.